The molecular formula is C22H20BrNO3. The molecule has 3 rings (SSSR count). The van der Waals surface area contributed by atoms with Crippen LogP contribution < -0.4 is 14.8 Å². The highest BCUT2D eigenvalue weighted by atomic mass is 79.9. The second-order valence-electron chi connectivity index (χ2n) is 6.00. The Kier molecular flexibility index (Phi) is 6.49. The zero-order chi connectivity index (χ0) is 19.1. The summed E-state index contributed by atoms with van der Waals surface area (Å²) in [6.45, 7) is 2.22. The van der Waals surface area contributed by atoms with Crippen LogP contribution in [0.4, 0.5) is 5.69 Å². The number of hydrogen-bond donors (Lipinski definition) is 1. The van der Waals surface area contributed by atoms with Crippen LogP contribution in [0.2, 0.25) is 0 Å². The Bertz CT molecular complexity index is 864. The molecule has 5 heteroatoms. The van der Waals surface area contributed by atoms with Crippen molar-refractivity contribution in [2.45, 2.75) is 19.6 Å². The maximum atomic E-state index is 12.3. The number of carbonyl (C=O) groups excluding carboxylic acids is 1. The Hall–Kier alpha value is -2.79. The zero-order valence-corrected chi connectivity index (χ0v) is 16.5. The fourth-order valence-corrected chi connectivity index (χ4v) is 2.65. The molecule has 0 aliphatic heterocycles. The summed E-state index contributed by atoms with van der Waals surface area (Å²) in [5.41, 5.74) is 1.83. The third kappa shape index (κ3) is 5.86. The van der Waals surface area contributed by atoms with Gasteiger partial charge in [-0.15, -0.1) is 0 Å². The number of benzene rings is 3. The number of ether oxygens (including phenoxy) is 2. The molecule has 0 aliphatic carbocycles. The van der Waals surface area contributed by atoms with Gasteiger partial charge in [-0.25, -0.2) is 0 Å². The van der Waals surface area contributed by atoms with Gasteiger partial charge >= 0.3 is 0 Å². The highest BCUT2D eigenvalue weighted by Gasteiger charge is 2.15. The standard InChI is InChI=1S/C22H20BrNO3/c1-16(22(25)24-19-9-7-18(23)8-10-19)27-21-13-11-20(12-14-21)26-15-17-5-3-2-4-6-17/h2-14,16H,15H2,1H3,(H,24,25). The number of hydrogen-bond acceptors (Lipinski definition) is 3. The molecule has 0 bridgehead atoms. The molecule has 138 valence electrons. The van der Waals surface area contributed by atoms with Crippen LogP contribution in [0.5, 0.6) is 11.5 Å². The van der Waals surface area contributed by atoms with E-state index in [0.29, 0.717) is 12.4 Å². The van der Waals surface area contributed by atoms with Crippen molar-refractivity contribution in [1.29, 1.82) is 0 Å². The molecule has 0 saturated heterocycles. The van der Waals surface area contributed by atoms with Crippen LogP contribution >= 0.6 is 15.9 Å². The number of amides is 1. The molecule has 0 heterocycles. The summed E-state index contributed by atoms with van der Waals surface area (Å²) in [5, 5.41) is 2.83. The largest absolute Gasteiger partial charge is 0.489 e. The quantitative estimate of drug-likeness (QED) is 0.548. The molecule has 0 saturated carbocycles. The van der Waals surface area contributed by atoms with Gasteiger partial charge in [0, 0.05) is 10.2 Å². The highest BCUT2D eigenvalue weighted by molar-refractivity contribution is 9.10. The molecule has 0 fully saturated rings. The summed E-state index contributed by atoms with van der Waals surface area (Å²) in [5.74, 6) is 1.15. The average molecular weight is 426 g/mol. The normalized spacial score (nSPS) is 11.5. The first-order valence-electron chi connectivity index (χ1n) is 8.60. The van der Waals surface area contributed by atoms with Gasteiger partial charge < -0.3 is 14.8 Å². The first-order valence-corrected chi connectivity index (χ1v) is 9.39. The summed E-state index contributed by atoms with van der Waals surface area (Å²) < 4.78 is 12.4. The lowest BCUT2D eigenvalue weighted by atomic mass is 10.2. The van der Waals surface area contributed by atoms with E-state index < -0.39 is 6.10 Å². The number of rotatable bonds is 7. The molecule has 4 nitrogen and oxygen atoms in total. The Balaban J connectivity index is 1.51. The van der Waals surface area contributed by atoms with Gasteiger partial charge in [-0.3, -0.25) is 4.79 Å². The summed E-state index contributed by atoms with van der Waals surface area (Å²) in [7, 11) is 0. The molecule has 27 heavy (non-hydrogen) atoms. The predicted octanol–water partition coefficient (Wildman–Crippen LogP) is 5.43. The van der Waals surface area contributed by atoms with Crippen LogP contribution in [0.15, 0.2) is 83.3 Å². The van der Waals surface area contributed by atoms with Gasteiger partial charge in [-0.05, 0) is 61.0 Å². The average Bonchev–Trinajstić information content (AvgIpc) is 2.70. The van der Waals surface area contributed by atoms with Crippen molar-refractivity contribution in [1.82, 2.24) is 0 Å². The van der Waals surface area contributed by atoms with Gasteiger partial charge in [0.25, 0.3) is 5.91 Å². The molecule has 1 N–H and O–H groups in total. The Morgan fingerprint density at radius 1 is 0.926 bits per heavy atom. The van der Waals surface area contributed by atoms with Gasteiger partial charge in [0.2, 0.25) is 0 Å². The molecule has 1 atom stereocenters. The maximum absolute atomic E-state index is 12.3. The number of carbonyl (C=O) groups is 1. The van der Waals surface area contributed by atoms with E-state index in [0.717, 1.165) is 21.5 Å². The lowest BCUT2D eigenvalue weighted by Crippen LogP contribution is -2.30. The van der Waals surface area contributed by atoms with Crippen molar-refractivity contribution >= 4 is 27.5 Å². The SMILES string of the molecule is CC(Oc1ccc(OCc2ccccc2)cc1)C(=O)Nc1ccc(Br)cc1. The van der Waals surface area contributed by atoms with Crippen molar-refractivity contribution in [3.8, 4) is 11.5 Å². The third-order valence-electron chi connectivity index (χ3n) is 3.87. The molecule has 0 aromatic heterocycles. The van der Waals surface area contributed by atoms with E-state index in [1.807, 2.05) is 66.7 Å². The van der Waals surface area contributed by atoms with E-state index in [1.54, 1.807) is 19.1 Å². The van der Waals surface area contributed by atoms with Crippen LogP contribution in [0.3, 0.4) is 0 Å². The molecule has 3 aromatic carbocycles. The fraction of sp³-hybridized carbons (Fsp3) is 0.136. The summed E-state index contributed by atoms with van der Waals surface area (Å²) >= 11 is 3.37. The van der Waals surface area contributed by atoms with Crippen molar-refractivity contribution in [2.24, 2.45) is 0 Å². The van der Waals surface area contributed by atoms with Crippen molar-refractivity contribution in [3.05, 3.63) is 88.9 Å². The monoisotopic (exact) mass is 425 g/mol. The van der Waals surface area contributed by atoms with Gasteiger partial charge in [0.1, 0.15) is 18.1 Å². The summed E-state index contributed by atoms with van der Waals surface area (Å²) in [6.07, 6.45) is -0.621. The van der Waals surface area contributed by atoms with Crippen LogP contribution in [0.25, 0.3) is 0 Å². The maximum Gasteiger partial charge on any atom is 0.265 e. The van der Waals surface area contributed by atoms with E-state index in [9.17, 15) is 4.79 Å². The molecule has 1 amide bonds. The van der Waals surface area contributed by atoms with Gasteiger partial charge in [0.05, 0.1) is 0 Å². The predicted molar refractivity (Wildman–Crippen MR) is 110 cm³/mol. The van der Waals surface area contributed by atoms with Crippen molar-refractivity contribution in [3.63, 3.8) is 0 Å². The van der Waals surface area contributed by atoms with E-state index >= 15 is 0 Å². The van der Waals surface area contributed by atoms with Gasteiger partial charge in [0.15, 0.2) is 6.10 Å². The topological polar surface area (TPSA) is 47.6 Å². The number of nitrogens with one attached hydrogen (secondary N) is 1. The Morgan fingerprint density at radius 2 is 1.56 bits per heavy atom. The van der Waals surface area contributed by atoms with E-state index in [-0.39, 0.29) is 5.91 Å². The van der Waals surface area contributed by atoms with Crippen LogP contribution in [0.1, 0.15) is 12.5 Å². The molecule has 1 unspecified atom stereocenters. The molecule has 0 spiro atoms. The first-order chi connectivity index (χ1) is 13.1. The van der Waals surface area contributed by atoms with Crippen LogP contribution in [-0.4, -0.2) is 12.0 Å². The zero-order valence-electron chi connectivity index (χ0n) is 14.9. The number of anilines is 1. The summed E-state index contributed by atoms with van der Waals surface area (Å²) in [6, 6.07) is 24.6. The van der Waals surface area contributed by atoms with Crippen molar-refractivity contribution in [2.75, 3.05) is 5.32 Å². The van der Waals surface area contributed by atoms with Crippen LogP contribution in [0, 0.1) is 0 Å². The van der Waals surface area contributed by atoms with Crippen LogP contribution in [-0.2, 0) is 11.4 Å². The lowest BCUT2D eigenvalue weighted by molar-refractivity contribution is -0.122. The Morgan fingerprint density at radius 3 is 2.22 bits per heavy atom. The first kappa shape index (κ1) is 19.0. The second kappa shape index (κ2) is 9.24. The van der Waals surface area contributed by atoms with Crippen molar-refractivity contribution < 1.29 is 14.3 Å². The third-order valence-corrected chi connectivity index (χ3v) is 4.39. The van der Waals surface area contributed by atoms with E-state index in [2.05, 4.69) is 21.2 Å². The molecule has 3 aromatic rings. The minimum atomic E-state index is -0.621. The minimum Gasteiger partial charge on any atom is -0.489 e. The minimum absolute atomic E-state index is 0.207. The smallest absolute Gasteiger partial charge is 0.265 e. The molecule has 0 radical (unpaired) electrons. The number of halogens is 1. The van der Waals surface area contributed by atoms with E-state index in [4.69, 9.17) is 9.47 Å². The van der Waals surface area contributed by atoms with E-state index in [1.165, 1.54) is 0 Å². The van der Waals surface area contributed by atoms with Gasteiger partial charge in [-0.1, -0.05) is 46.3 Å². The summed E-state index contributed by atoms with van der Waals surface area (Å²) in [4.78, 5) is 12.3. The van der Waals surface area contributed by atoms with Gasteiger partial charge in [-0.2, -0.15) is 0 Å². The fourth-order valence-electron chi connectivity index (χ4n) is 2.39. The molecular weight excluding hydrogens is 406 g/mol. The second-order valence-corrected chi connectivity index (χ2v) is 6.92. The lowest BCUT2D eigenvalue weighted by Gasteiger charge is -2.15. The Labute approximate surface area is 167 Å². The molecule has 0 aliphatic rings. The highest BCUT2D eigenvalue weighted by Crippen LogP contribution is 2.20.